The lowest BCUT2D eigenvalue weighted by Crippen LogP contribution is -2.30. The van der Waals surface area contributed by atoms with Crippen molar-refractivity contribution in [3.8, 4) is 17.2 Å². The normalized spacial score (nSPS) is 14.1. The van der Waals surface area contributed by atoms with E-state index in [-0.39, 0.29) is 22.2 Å². The number of methoxy groups -OCH3 is 1. The van der Waals surface area contributed by atoms with Crippen LogP contribution in [0.25, 0.3) is 0 Å². The number of halogens is 1. The molecule has 3 aromatic rings. The molecule has 9 heteroatoms. The maximum Gasteiger partial charge on any atom is 0.264 e. The number of benzene rings is 3. The molecule has 1 heterocycles. The molecule has 7 nitrogen and oxygen atoms in total. The summed E-state index contributed by atoms with van der Waals surface area (Å²) in [7, 11) is -2.41. The molecule has 1 aliphatic rings. The smallest absolute Gasteiger partial charge is 0.264 e. The van der Waals surface area contributed by atoms with Crippen LogP contribution in [0.5, 0.6) is 17.2 Å². The molecule has 0 amide bonds. The van der Waals surface area contributed by atoms with Crippen molar-refractivity contribution < 1.29 is 23.0 Å². The fraction of sp³-hybridized carbons (Fsp3) is 0.308. The van der Waals surface area contributed by atoms with Gasteiger partial charge in [-0.1, -0.05) is 17.7 Å². The number of aromatic hydroxyl groups is 1. The molecule has 0 aliphatic carbocycles. The number of sulfonamides is 1. The van der Waals surface area contributed by atoms with Crippen molar-refractivity contribution in [2.45, 2.75) is 24.3 Å². The van der Waals surface area contributed by atoms with E-state index in [1.54, 1.807) is 42.5 Å². The average Bonchev–Trinajstić information content (AvgIpc) is 3.38. The maximum atomic E-state index is 13.7. The zero-order valence-corrected chi connectivity index (χ0v) is 21.1. The predicted molar refractivity (Wildman–Crippen MR) is 137 cm³/mol. The van der Waals surface area contributed by atoms with Crippen LogP contribution in [0.4, 0.5) is 5.69 Å². The van der Waals surface area contributed by atoms with Crippen LogP contribution in [0.3, 0.4) is 0 Å². The van der Waals surface area contributed by atoms with Crippen LogP contribution >= 0.6 is 11.6 Å². The van der Waals surface area contributed by atoms with Crippen molar-refractivity contribution in [2.24, 2.45) is 0 Å². The maximum absolute atomic E-state index is 13.7. The van der Waals surface area contributed by atoms with E-state index in [0.717, 1.165) is 19.6 Å². The highest BCUT2D eigenvalue weighted by Crippen LogP contribution is 2.31. The molecule has 1 fully saturated rings. The second-order valence-corrected chi connectivity index (χ2v) is 10.6. The molecule has 186 valence electrons. The lowest BCUT2D eigenvalue weighted by molar-refractivity contribution is 0.238. The molecule has 1 saturated heterocycles. The monoisotopic (exact) mass is 516 g/mol. The molecule has 4 rings (SSSR count). The average molecular weight is 517 g/mol. The lowest BCUT2D eigenvalue weighted by Gasteiger charge is -2.25. The Bertz CT molecular complexity index is 1230. The van der Waals surface area contributed by atoms with Gasteiger partial charge in [0, 0.05) is 11.6 Å². The number of likely N-dealkylation sites (tertiary alicyclic amines) is 1. The molecule has 0 aromatic heterocycles. The minimum absolute atomic E-state index is 0.0113. The Morgan fingerprint density at radius 3 is 2.26 bits per heavy atom. The van der Waals surface area contributed by atoms with Crippen molar-refractivity contribution in [3.05, 3.63) is 77.3 Å². The second kappa shape index (κ2) is 11.2. The van der Waals surface area contributed by atoms with Crippen LogP contribution in [0.1, 0.15) is 18.4 Å². The number of anilines is 1. The van der Waals surface area contributed by atoms with Gasteiger partial charge in [0.05, 0.1) is 24.2 Å². The van der Waals surface area contributed by atoms with Crippen molar-refractivity contribution in [1.82, 2.24) is 4.90 Å². The fourth-order valence-corrected chi connectivity index (χ4v) is 5.69. The number of rotatable bonds is 10. The van der Waals surface area contributed by atoms with Crippen LogP contribution in [-0.4, -0.2) is 51.8 Å². The first-order valence-electron chi connectivity index (χ1n) is 11.5. The van der Waals surface area contributed by atoms with E-state index in [0.29, 0.717) is 29.4 Å². The Morgan fingerprint density at radius 2 is 1.63 bits per heavy atom. The van der Waals surface area contributed by atoms with E-state index in [9.17, 15) is 13.5 Å². The van der Waals surface area contributed by atoms with Crippen molar-refractivity contribution in [2.75, 3.05) is 37.7 Å². The topological polar surface area (TPSA) is 79.3 Å². The van der Waals surface area contributed by atoms with Gasteiger partial charge in [0.15, 0.2) is 0 Å². The van der Waals surface area contributed by atoms with E-state index in [1.165, 1.54) is 48.5 Å². The summed E-state index contributed by atoms with van der Waals surface area (Å²) in [4.78, 5) is 2.50. The Morgan fingerprint density at radius 1 is 0.971 bits per heavy atom. The van der Waals surface area contributed by atoms with E-state index < -0.39 is 10.0 Å². The largest absolute Gasteiger partial charge is 0.508 e. The highest BCUT2D eigenvalue weighted by Gasteiger charge is 2.26. The molecule has 1 N–H and O–H groups in total. The van der Waals surface area contributed by atoms with Crippen LogP contribution in [0.2, 0.25) is 5.02 Å². The molecular weight excluding hydrogens is 488 g/mol. The molecule has 0 radical (unpaired) electrons. The second-order valence-electron chi connectivity index (χ2n) is 8.35. The van der Waals surface area contributed by atoms with E-state index in [4.69, 9.17) is 21.1 Å². The summed E-state index contributed by atoms with van der Waals surface area (Å²) in [5.41, 5.74) is 1.03. The quantitative estimate of drug-likeness (QED) is 0.412. The zero-order chi connectivity index (χ0) is 24.8. The molecule has 0 bridgehead atoms. The summed E-state index contributed by atoms with van der Waals surface area (Å²) in [5.74, 6) is 1.25. The minimum Gasteiger partial charge on any atom is -0.508 e. The summed E-state index contributed by atoms with van der Waals surface area (Å²) in [5, 5.41) is 9.98. The molecule has 1 aliphatic heterocycles. The molecule has 0 atom stereocenters. The number of nitrogens with zero attached hydrogens (tertiary/aromatic N) is 2. The molecule has 35 heavy (non-hydrogen) atoms. The Hall–Kier alpha value is -2.94. The number of hydrogen-bond acceptors (Lipinski definition) is 6. The summed E-state index contributed by atoms with van der Waals surface area (Å²) in [6.45, 7) is 3.67. The van der Waals surface area contributed by atoms with Crippen molar-refractivity contribution in [3.63, 3.8) is 0 Å². The summed E-state index contributed by atoms with van der Waals surface area (Å²) in [6, 6.07) is 17.7. The highest BCUT2D eigenvalue weighted by molar-refractivity contribution is 7.92. The van der Waals surface area contributed by atoms with Gasteiger partial charge in [-0.2, -0.15) is 0 Å². The third-order valence-electron chi connectivity index (χ3n) is 6.00. The van der Waals surface area contributed by atoms with Crippen LogP contribution in [0, 0.1) is 0 Å². The number of hydrogen-bond donors (Lipinski definition) is 1. The Kier molecular flexibility index (Phi) is 8.05. The van der Waals surface area contributed by atoms with Gasteiger partial charge in [-0.15, -0.1) is 0 Å². The summed E-state index contributed by atoms with van der Waals surface area (Å²) in [6.07, 6.45) is 2.47. The van der Waals surface area contributed by atoms with Gasteiger partial charge in [0.1, 0.15) is 23.9 Å². The lowest BCUT2D eigenvalue weighted by atomic mass is 10.2. The Balaban J connectivity index is 1.59. The highest BCUT2D eigenvalue weighted by atomic mass is 35.5. The third kappa shape index (κ3) is 6.20. The summed E-state index contributed by atoms with van der Waals surface area (Å²) >= 11 is 6.31. The van der Waals surface area contributed by atoms with Crippen LogP contribution < -0.4 is 13.8 Å². The fourth-order valence-electron chi connectivity index (χ4n) is 4.02. The van der Waals surface area contributed by atoms with Crippen molar-refractivity contribution in [1.29, 1.82) is 0 Å². The van der Waals surface area contributed by atoms with Gasteiger partial charge < -0.3 is 14.6 Å². The molecule has 0 spiro atoms. The molecular formula is C26H29ClN2O5S. The molecule has 0 unspecified atom stereocenters. The number of phenolic OH excluding ortho intramolecular Hbond substituents is 1. The van der Waals surface area contributed by atoms with Gasteiger partial charge in [0.25, 0.3) is 10.0 Å². The minimum atomic E-state index is -3.94. The Labute approximate surface area is 211 Å². The van der Waals surface area contributed by atoms with E-state index >= 15 is 0 Å². The molecule has 3 aromatic carbocycles. The van der Waals surface area contributed by atoms with Gasteiger partial charge in [0.2, 0.25) is 0 Å². The van der Waals surface area contributed by atoms with Gasteiger partial charge in [-0.25, -0.2) is 8.42 Å². The van der Waals surface area contributed by atoms with E-state index in [2.05, 4.69) is 4.90 Å². The first-order chi connectivity index (χ1) is 16.9. The van der Waals surface area contributed by atoms with Crippen LogP contribution in [-0.2, 0) is 16.6 Å². The molecule has 0 saturated carbocycles. The first kappa shape index (κ1) is 25.2. The number of phenols is 1. The van der Waals surface area contributed by atoms with Crippen LogP contribution in [0.15, 0.2) is 71.6 Å². The first-order valence-corrected chi connectivity index (χ1v) is 13.3. The SMILES string of the molecule is COc1ccc(S(=O)(=O)N(Cc2ccc(O)cc2Cl)c2ccc(OCCN3CCCC3)cc2)cc1. The van der Waals surface area contributed by atoms with Gasteiger partial charge in [-0.3, -0.25) is 9.21 Å². The third-order valence-corrected chi connectivity index (χ3v) is 8.14. The van der Waals surface area contributed by atoms with Crippen molar-refractivity contribution >= 4 is 27.3 Å². The van der Waals surface area contributed by atoms with E-state index in [1.807, 2.05) is 0 Å². The summed E-state index contributed by atoms with van der Waals surface area (Å²) < 4.78 is 39.7. The zero-order valence-electron chi connectivity index (χ0n) is 19.6. The number of ether oxygens (including phenoxy) is 2. The predicted octanol–water partition coefficient (Wildman–Crippen LogP) is 4.92. The van der Waals surface area contributed by atoms with Gasteiger partial charge in [-0.05, 0) is 92.2 Å². The standard InChI is InChI=1S/C26H29ClN2O5S/c1-33-23-10-12-25(13-11-23)35(31,32)29(19-20-4-7-22(30)18-26(20)27)21-5-8-24(9-6-21)34-17-16-28-14-2-3-15-28/h4-13,18,30H,2-3,14-17,19H2,1H3. The van der Waals surface area contributed by atoms with Gasteiger partial charge >= 0.3 is 0 Å².